The molecule has 0 aliphatic rings. The SMILES string of the molecule is CCc1ccc(CNc2ccccc2SC(F)(F)F)s1. The number of aryl methyl sites for hydroxylation is 1. The van der Waals surface area contributed by atoms with Crippen molar-refractivity contribution in [1.29, 1.82) is 0 Å². The van der Waals surface area contributed by atoms with Crippen molar-refractivity contribution < 1.29 is 13.2 Å². The van der Waals surface area contributed by atoms with Crippen LogP contribution in [0.15, 0.2) is 41.3 Å². The summed E-state index contributed by atoms with van der Waals surface area (Å²) < 4.78 is 37.4. The lowest BCUT2D eigenvalue weighted by molar-refractivity contribution is -0.0327. The molecule has 0 unspecified atom stereocenters. The molecule has 1 N–H and O–H groups in total. The van der Waals surface area contributed by atoms with Crippen molar-refractivity contribution in [3.8, 4) is 0 Å². The number of halogens is 3. The van der Waals surface area contributed by atoms with Crippen LogP contribution in [0.1, 0.15) is 16.7 Å². The topological polar surface area (TPSA) is 12.0 Å². The summed E-state index contributed by atoms with van der Waals surface area (Å²) in [6.07, 6.45) is 0.977. The Kier molecular flexibility index (Phi) is 4.99. The molecule has 0 radical (unpaired) electrons. The second kappa shape index (κ2) is 6.54. The zero-order valence-electron chi connectivity index (χ0n) is 10.8. The van der Waals surface area contributed by atoms with Crippen molar-refractivity contribution in [2.45, 2.75) is 30.3 Å². The number of para-hydroxylation sites is 1. The molecule has 108 valence electrons. The highest BCUT2D eigenvalue weighted by molar-refractivity contribution is 8.00. The van der Waals surface area contributed by atoms with E-state index in [1.165, 1.54) is 10.9 Å². The van der Waals surface area contributed by atoms with Crippen molar-refractivity contribution in [2.75, 3.05) is 5.32 Å². The Bertz CT molecular complexity index is 564. The van der Waals surface area contributed by atoms with Crippen molar-refractivity contribution in [1.82, 2.24) is 0 Å². The van der Waals surface area contributed by atoms with Gasteiger partial charge in [-0.1, -0.05) is 19.1 Å². The number of nitrogens with one attached hydrogen (secondary N) is 1. The van der Waals surface area contributed by atoms with Crippen LogP contribution in [-0.4, -0.2) is 5.51 Å². The fourth-order valence-electron chi connectivity index (χ4n) is 1.72. The average Bonchev–Trinajstić information content (AvgIpc) is 2.84. The number of anilines is 1. The zero-order chi connectivity index (χ0) is 14.6. The predicted octanol–water partition coefficient (Wildman–Crippen LogP) is 5.53. The van der Waals surface area contributed by atoms with Gasteiger partial charge in [0.2, 0.25) is 0 Å². The van der Waals surface area contributed by atoms with Gasteiger partial charge in [-0.3, -0.25) is 0 Å². The Morgan fingerprint density at radius 3 is 2.45 bits per heavy atom. The number of hydrogen-bond acceptors (Lipinski definition) is 3. The van der Waals surface area contributed by atoms with E-state index in [1.54, 1.807) is 29.5 Å². The fraction of sp³-hybridized carbons (Fsp3) is 0.286. The number of benzene rings is 1. The normalized spacial score (nSPS) is 11.6. The summed E-state index contributed by atoms with van der Waals surface area (Å²) in [4.78, 5) is 2.60. The van der Waals surface area contributed by atoms with Crippen molar-refractivity contribution in [3.63, 3.8) is 0 Å². The third-order valence-electron chi connectivity index (χ3n) is 2.63. The van der Waals surface area contributed by atoms with Crippen molar-refractivity contribution in [3.05, 3.63) is 46.2 Å². The molecule has 0 atom stereocenters. The predicted molar refractivity (Wildman–Crippen MR) is 79.4 cm³/mol. The van der Waals surface area contributed by atoms with Gasteiger partial charge < -0.3 is 5.32 Å². The molecule has 1 aromatic carbocycles. The molecular weight excluding hydrogens is 303 g/mol. The molecule has 1 heterocycles. The maximum Gasteiger partial charge on any atom is 0.446 e. The molecule has 0 fully saturated rings. The van der Waals surface area contributed by atoms with E-state index in [2.05, 4.69) is 18.3 Å². The van der Waals surface area contributed by atoms with E-state index in [0.717, 1.165) is 11.3 Å². The summed E-state index contributed by atoms with van der Waals surface area (Å²) in [5.74, 6) is 0. The van der Waals surface area contributed by atoms with E-state index in [9.17, 15) is 13.2 Å². The lowest BCUT2D eigenvalue weighted by atomic mass is 10.3. The number of rotatable bonds is 5. The van der Waals surface area contributed by atoms with Crippen molar-refractivity contribution >= 4 is 28.8 Å². The Balaban J connectivity index is 2.05. The van der Waals surface area contributed by atoms with Crippen LogP contribution in [0.3, 0.4) is 0 Å². The van der Waals surface area contributed by atoms with E-state index >= 15 is 0 Å². The first-order chi connectivity index (χ1) is 9.48. The van der Waals surface area contributed by atoms with Gasteiger partial charge >= 0.3 is 5.51 Å². The molecule has 1 nitrogen and oxygen atoms in total. The molecule has 0 saturated carbocycles. The minimum absolute atomic E-state index is 0.0869. The third kappa shape index (κ3) is 4.45. The summed E-state index contributed by atoms with van der Waals surface area (Å²) in [6.45, 7) is 2.62. The van der Waals surface area contributed by atoms with Crippen LogP contribution < -0.4 is 5.32 Å². The van der Waals surface area contributed by atoms with Crippen LogP contribution >= 0.6 is 23.1 Å². The molecule has 0 amide bonds. The molecule has 0 bridgehead atoms. The van der Waals surface area contributed by atoms with Gasteiger partial charge in [0.25, 0.3) is 0 Å². The van der Waals surface area contributed by atoms with Gasteiger partial charge in [-0.2, -0.15) is 13.2 Å². The molecule has 0 aliphatic heterocycles. The van der Waals surface area contributed by atoms with Gasteiger partial charge in [-0.05, 0) is 42.4 Å². The highest BCUT2D eigenvalue weighted by atomic mass is 32.2. The minimum Gasteiger partial charge on any atom is -0.379 e. The van der Waals surface area contributed by atoms with Crippen LogP contribution in [0.25, 0.3) is 0 Å². The van der Waals surface area contributed by atoms with Crippen LogP contribution in [-0.2, 0) is 13.0 Å². The third-order valence-corrected chi connectivity index (χ3v) is 4.67. The smallest absolute Gasteiger partial charge is 0.379 e. The summed E-state index contributed by atoms with van der Waals surface area (Å²) >= 11 is 1.59. The van der Waals surface area contributed by atoms with E-state index < -0.39 is 5.51 Å². The van der Waals surface area contributed by atoms with E-state index in [0.29, 0.717) is 12.2 Å². The van der Waals surface area contributed by atoms with Gasteiger partial charge in [-0.15, -0.1) is 11.3 Å². The first kappa shape index (κ1) is 15.3. The molecular formula is C14H14F3NS2. The minimum atomic E-state index is -4.27. The van der Waals surface area contributed by atoms with Gasteiger partial charge in [-0.25, -0.2) is 0 Å². The lowest BCUT2D eigenvalue weighted by Crippen LogP contribution is -2.03. The van der Waals surface area contributed by atoms with E-state index in [-0.39, 0.29) is 16.7 Å². The van der Waals surface area contributed by atoms with Gasteiger partial charge in [0.1, 0.15) is 0 Å². The number of thiophene rings is 1. The standard InChI is InChI=1S/C14H14F3NS2/c1-2-10-7-8-11(19-10)9-18-12-5-3-4-6-13(12)20-14(15,16)17/h3-8,18H,2,9H2,1H3. The Hall–Kier alpha value is -1.14. The van der Waals surface area contributed by atoms with Crippen LogP contribution in [0.2, 0.25) is 0 Å². The molecule has 1 aromatic heterocycles. The average molecular weight is 317 g/mol. The van der Waals surface area contributed by atoms with Gasteiger partial charge in [0, 0.05) is 26.9 Å². The fourth-order valence-corrected chi connectivity index (χ4v) is 3.26. The van der Waals surface area contributed by atoms with Crippen LogP contribution in [0.4, 0.5) is 18.9 Å². The molecule has 0 aliphatic carbocycles. The Morgan fingerprint density at radius 2 is 1.80 bits per heavy atom. The van der Waals surface area contributed by atoms with Gasteiger partial charge in [0.05, 0.1) is 0 Å². The Morgan fingerprint density at radius 1 is 1.10 bits per heavy atom. The van der Waals surface area contributed by atoms with E-state index in [1.807, 2.05) is 6.07 Å². The van der Waals surface area contributed by atoms with Crippen LogP contribution in [0.5, 0.6) is 0 Å². The van der Waals surface area contributed by atoms with Crippen LogP contribution in [0, 0.1) is 0 Å². The molecule has 6 heteroatoms. The van der Waals surface area contributed by atoms with Crippen molar-refractivity contribution in [2.24, 2.45) is 0 Å². The maximum atomic E-state index is 12.5. The molecule has 0 spiro atoms. The zero-order valence-corrected chi connectivity index (χ0v) is 12.5. The number of hydrogen-bond donors (Lipinski definition) is 1. The summed E-state index contributed by atoms with van der Waals surface area (Å²) in [5.41, 5.74) is -3.75. The number of alkyl halides is 3. The monoisotopic (exact) mass is 317 g/mol. The second-order valence-electron chi connectivity index (χ2n) is 4.12. The number of thioether (sulfide) groups is 1. The maximum absolute atomic E-state index is 12.5. The Labute approximate surface area is 124 Å². The quantitative estimate of drug-likeness (QED) is 0.727. The molecule has 20 heavy (non-hydrogen) atoms. The summed E-state index contributed by atoms with van der Waals surface area (Å²) in [7, 11) is 0. The largest absolute Gasteiger partial charge is 0.446 e. The first-order valence-corrected chi connectivity index (χ1v) is 7.77. The molecule has 0 saturated heterocycles. The molecule has 2 aromatic rings. The molecule has 2 rings (SSSR count). The highest BCUT2D eigenvalue weighted by Gasteiger charge is 2.30. The summed E-state index contributed by atoms with van der Waals surface area (Å²) in [6, 6.07) is 10.6. The van der Waals surface area contributed by atoms with Gasteiger partial charge in [0.15, 0.2) is 0 Å². The lowest BCUT2D eigenvalue weighted by Gasteiger charge is -2.12. The first-order valence-electron chi connectivity index (χ1n) is 6.14. The van der Waals surface area contributed by atoms with E-state index in [4.69, 9.17) is 0 Å². The highest BCUT2D eigenvalue weighted by Crippen LogP contribution is 2.40. The summed E-state index contributed by atoms with van der Waals surface area (Å²) in [5, 5.41) is 3.08. The second-order valence-corrected chi connectivity index (χ2v) is 6.48.